The molecule has 0 spiro atoms. The number of nitrogens with two attached hydrogens (primary N) is 2. The second-order valence-corrected chi connectivity index (χ2v) is 3.27. The highest BCUT2D eigenvalue weighted by atomic mass is 19.3. The van der Waals surface area contributed by atoms with Gasteiger partial charge in [-0.2, -0.15) is 0 Å². The van der Waals surface area contributed by atoms with Crippen LogP contribution in [0.15, 0.2) is 12.1 Å². The van der Waals surface area contributed by atoms with Gasteiger partial charge in [-0.25, -0.2) is 8.78 Å². The Balaban J connectivity index is 2.83. The smallest absolute Gasteiger partial charge is 0.269 e. The van der Waals surface area contributed by atoms with E-state index in [9.17, 15) is 13.6 Å². The second kappa shape index (κ2) is 6.04. The van der Waals surface area contributed by atoms with Crippen molar-refractivity contribution in [2.24, 2.45) is 11.5 Å². The van der Waals surface area contributed by atoms with Crippen LogP contribution in [-0.4, -0.2) is 42.2 Å². The molecule has 1 aromatic rings. The van der Waals surface area contributed by atoms with Gasteiger partial charge in [0.1, 0.15) is 0 Å². The van der Waals surface area contributed by atoms with E-state index in [1.165, 1.54) is 17.0 Å². The van der Waals surface area contributed by atoms with E-state index >= 15 is 0 Å². The predicted molar refractivity (Wildman–Crippen MR) is 57.8 cm³/mol. The van der Waals surface area contributed by atoms with Gasteiger partial charge in [0.25, 0.3) is 12.3 Å². The fraction of sp³-hybridized carbons (Fsp3) is 0.444. The topological polar surface area (TPSA) is 98.1 Å². The molecule has 0 atom stereocenters. The van der Waals surface area contributed by atoms with Crippen molar-refractivity contribution in [2.75, 3.05) is 24.5 Å². The molecule has 94 valence electrons. The summed E-state index contributed by atoms with van der Waals surface area (Å²) in [6, 6.07) is 2.74. The van der Waals surface area contributed by atoms with Crippen LogP contribution in [0.25, 0.3) is 0 Å². The zero-order valence-electron chi connectivity index (χ0n) is 9.01. The number of aromatic nitrogens is 2. The Kier molecular flexibility index (Phi) is 4.70. The van der Waals surface area contributed by atoms with E-state index in [0.29, 0.717) is 0 Å². The number of nitrogens with zero attached hydrogens (tertiary/aromatic N) is 3. The first-order chi connectivity index (χ1) is 8.04. The van der Waals surface area contributed by atoms with E-state index in [1.807, 2.05) is 0 Å². The first-order valence-electron chi connectivity index (χ1n) is 4.91. The highest BCUT2D eigenvalue weighted by molar-refractivity contribution is 5.90. The standard InChI is InChI=1S/C9H13F2N5O/c10-7(11)5-16(4-3-12)8-2-1-6(9(13)17)14-15-8/h1-2,7H,3-5,12H2,(H2,13,17). The maximum atomic E-state index is 12.3. The molecule has 0 fully saturated rings. The lowest BCUT2D eigenvalue weighted by Gasteiger charge is -2.21. The van der Waals surface area contributed by atoms with E-state index < -0.39 is 18.9 Å². The number of hydrogen-bond acceptors (Lipinski definition) is 5. The number of hydrogen-bond donors (Lipinski definition) is 2. The van der Waals surface area contributed by atoms with Gasteiger partial charge in [0.2, 0.25) is 0 Å². The van der Waals surface area contributed by atoms with Crippen LogP contribution < -0.4 is 16.4 Å². The van der Waals surface area contributed by atoms with Crippen LogP contribution >= 0.6 is 0 Å². The Labute approximate surface area is 96.6 Å². The Morgan fingerprint density at radius 2 is 2.12 bits per heavy atom. The van der Waals surface area contributed by atoms with Crippen molar-refractivity contribution in [1.29, 1.82) is 0 Å². The Bertz CT molecular complexity index is 370. The van der Waals surface area contributed by atoms with Crippen molar-refractivity contribution < 1.29 is 13.6 Å². The van der Waals surface area contributed by atoms with Gasteiger partial charge in [-0.05, 0) is 12.1 Å². The summed E-state index contributed by atoms with van der Waals surface area (Å²) in [5, 5.41) is 7.19. The van der Waals surface area contributed by atoms with Gasteiger partial charge in [0.05, 0.1) is 6.54 Å². The Morgan fingerprint density at radius 1 is 1.41 bits per heavy atom. The lowest BCUT2D eigenvalue weighted by atomic mass is 10.3. The summed E-state index contributed by atoms with van der Waals surface area (Å²) in [5.41, 5.74) is 10.3. The highest BCUT2D eigenvalue weighted by Crippen LogP contribution is 2.11. The van der Waals surface area contributed by atoms with Crippen LogP contribution in [0, 0.1) is 0 Å². The summed E-state index contributed by atoms with van der Waals surface area (Å²) in [5.74, 6) is -0.482. The van der Waals surface area contributed by atoms with Crippen molar-refractivity contribution in [1.82, 2.24) is 10.2 Å². The van der Waals surface area contributed by atoms with Crippen LogP contribution in [0.1, 0.15) is 10.5 Å². The number of amides is 1. The van der Waals surface area contributed by atoms with Gasteiger partial charge in [-0.1, -0.05) is 0 Å². The third kappa shape index (κ3) is 3.91. The minimum absolute atomic E-state index is 0.0153. The second-order valence-electron chi connectivity index (χ2n) is 3.27. The fourth-order valence-electron chi connectivity index (χ4n) is 1.25. The molecule has 0 aliphatic carbocycles. The SMILES string of the molecule is NCCN(CC(F)F)c1ccc(C(N)=O)nn1. The van der Waals surface area contributed by atoms with Crippen molar-refractivity contribution in [3.8, 4) is 0 Å². The molecule has 0 bridgehead atoms. The van der Waals surface area contributed by atoms with E-state index in [0.717, 1.165) is 0 Å². The average Bonchev–Trinajstić information content (AvgIpc) is 2.28. The van der Waals surface area contributed by atoms with Gasteiger partial charge in [0.15, 0.2) is 11.5 Å². The maximum Gasteiger partial charge on any atom is 0.269 e. The number of alkyl halides is 2. The van der Waals surface area contributed by atoms with Crippen LogP contribution in [0.3, 0.4) is 0 Å². The number of halogens is 2. The molecule has 17 heavy (non-hydrogen) atoms. The minimum atomic E-state index is -2.50. The van der Waals surface area contributed by atoms with Crippen molar-refractivity contribution in [3.63, 3.8) is 0 Å². The molecule has 4 N–H and O–H groups in total. The number of primary amides is 1. The van der Waals surface area contributed by atoms with E-state index in [2.05, 4.69) is 10.2 Å². The summed E-state index contributed by atoms with van der Waals surface area (Å²) >= 11 is 0. The molecule has 1 rings (SSSR count). The molecule has 0 saturated carbocycles. The monoisotopic (exact) mass is 245 g/mol. The number of carbonyl (C=O) groups is 1. The predicted octanol–water partition coefficient (Wildman–Crippen LogP) is -0.394. The summed E-state index contributed by atoms with van der Waals surface area (Å²) < 4.78 is 24.6. The maximum absolute atomic E-state index is 12.3. The summed E-state index contributed by atoms with van der Waals surface area (Å²) in [6.07, 6.45) is -2.50. The molecule has 0 aliphatic heterocycles. The van der Waals surface area contributed by atoms with Crippen LogP contribution in [0.4, 0.5) is 14.6 Å². The molecule has 0 aromatic carbocycles. The Hall–Kier alpha value is -1.83. The molecule has 8 heteroatoms. The van der Waals surface area contributed by atoms with Gasteiger partial charge in [-0.15, -0.1) is 10.2 Å². The van der Waals surface area contributed by atoms with Crippen molar-refractivity contribution in [2.45, 2.75) is 6.43 Å². The normalized spacial score (nSPS) is 10.6. The molecule has 1 heterocycles. The van der Waals surface area contributed by atoms with Crippen LogP contribution in [0.2, 0.25) is 0 Å². The van der Waals surface area contributed by atoms with Crippen molar-refractivity contribution >= 4 is 11.7 Å². The minimum Gasteiger partial charge on any atom is -0.364 e. The lowest BCUT2D eigenvalue weighted by molar-refractivity contribution is 0.0994. The molecular weight excluding hydrogens is 232 g/mol. The summed E-state index contributed by atoms with van der Waals surface area (Å²) in [4.78, 5) is 12.0. The van der Waals surface area contributed by atoms with Crippen molar-refractivity contribution in [3.05, 3.63) is 17.8 Å². The van der Waals surface area contributed by atoms with Crippen LogP contribution in [-0.2, 0) is 0 Å². The zero-order valence-corrected chi connectivity index (χ0v) is 9.01. The van der Waals surface area contributed by atoms with Gasteiger partial charge >= 0.3 is 0 Å². The van der Waals surface area contributed by atoms with E-state index in [1.54, 1.807) is 0 Å². The Morgan fingerprint density at radius 3 is 2.53 bits per heavy atom. The molecular formula is C9H13F2N5O. The largest absolute Gasteiger partial charge is 0.364 e. The first-order valence-corrected chi connectivity index (χ1v) is 4.91. The third-order valence-corrected chi connectivity index (χ3v) is 1.98. The number of anilines is 1. The van der Waals surface area contributed by atoms with Gasteiger partial charge < -0.3 is 16.4 Å². The molecule has 0 saturated heterocycles. The molecule has 6 nitrogen and oxygen atoms in total. The molecule has 0 unspecified atom stereocenters. The quantitative estimate of drug-likeness (QED) is 0.711. The molecule has 1 amide bonds. The average molecular weight is 245 g/mol. The number of rotatable bonds is 6. The number of carbonyl (C=O) groups excluding carboxylic acids is 1. The fourth-order valence-corrected chi connectivity index (χ4v) is 1.25. The zero-order chi connectivity index (χ0) is 12.8. The van der Waals surface area contributed by atoms with Crippen LogP contribution in [0.5, 0.6) is 0 Å². The van der Waals surface area contributed by atoms with E-state index in [-0.39, 0.29) is 24.6 Å². The molecule has 0 radical (unpaired) electrons. The lowest BCUT2D eigenvalue weighted by Crippen LogP contribution is -2.34. The van der Waals surface area contributed by atoms with E-state index in [4.69, 9.17) is 11.5 Å². The third-order valence-electron chi connectivity index (χ3n) is 1.98. The first kappa shape index (κ1) is 13.2. The summed E-state index contributed by atoms with van der Waals surface area (Å²) in [7, 11) is 0. The van der Waals surface area contributed by atoms with Gasteiger partial charge in [-0.3, -0.25) is 4.79 Å². The molecule has 1 aromatic heterocycles. The molecule has 0 aliphatic rings. The van der Waals surface area contributed by atoms with Gasteiger partial charge in [0, 0.05) is 13.1 Å². The highest BCUT2D eigenvalue weighted by Gasteiger charge is 2.14. The summed E-state index contributed by atoms with van der Waals surface area (Å²) in [6.45, 7) is -0.0390.